The fourth-order valence-corrected chi connectivity index (χ4v) is 2.21. The van der Waals surface area contributed by atoms with E-state index in [2.05, 4.69) is 27.5 Å². The van der Waals surface area contributed by atoms with Crippen LogP contribution in [0.4, 0.5) is 4.79 Å². The van der Waals surface area contributed by atoms with Gasteiger partial charge < -0.3 is 20.3 Å². The van der Waals surface area contributed by atoms with E-state index in [0.29, 0.717) is 19.6 Å². The fraction of sp³-hybridized carbons (Fsp3) is 0.632. The molecule has 0 aromatic carbocycles. The summed E-state index contributed by atoms with van der Waals surface area (Å²) in [5, 5.41) is 6.54. The number of halogens is 1. The Morgan fingerprint density at radius 3 is 2.59 bits per heavy atom. The Morgan fingerprint density at radius 1 is 1.33 bits per heavy atom. The minimum Gasteiger partial charge on any atom is -0.444 e. The van der Waals surface area contributed by atoms with Gasteiger partial charge in [-0.25, -0.2) is 9.79 Å². The number of aromatic nitrogens is 1. The first-order chi connectivity index (χ1) is 12.2. The zero-order valence-corrected chi connectivity index (χ0v) is 19.6. The van der Waals surface area contributed by atoms with E-state index in [0.717, 1.165) is 18.2 Å². The normalized spacial score (nSPS) is 12.6. The van der Waals surface area contributed by atoms with Crippen LogP contribution in [0.15, 0.2) is 29.4 Å². The number of carbonyl (C=O) groups excluding carboxylic acids is 1. The van der Waals surface area contributed by atoms with E-state index >= 15 is 0 Å². The number of hydrogen-bond acceptors (Lipinski definition) is 4. The highest BCUT2D eigenvalue weighted by Crippen LogP contribution is 2.10. The molecule has 1 atom stereocenters. The molecule has 0 saturated heterocycles. The topological polar surface area (TPSA) is 78.9 Å². The number of amides is 1. The van der Waals surface area contributed by atoms with Crippen LogP contribution in [0.5, 0.6) is 0 Å². The van der Waals surface area contributed by atoms with Crippen LogP contribution >= 0.6 is 24.0 Å². The van der Waals surface area contributed by atoms with Crippen molar-refractivity contribution in [2.45, 2.75) is 46.8 Å². The largest absolute Gasteiger partial charge is 0.444 e. The molecule has 27 heavy (non-hydrogen) atoms. The molecule has 0 aliphatic heterocycles. The average Bonchev–Trinajstić information content (AvgIpc) is 2.56. The molecule has 2 N–H and O–H groups in total. The molecule has 0 radical (unpaired) electrons. The fourth-order valence-electron chi connectivity index (χ4n) is 2.21. The number of nitrogens with zero attached hydrogens (tertiary/aromatic N) is 3. The monoisotopic (exact) mass is 491 g/mol. The molecule has 0 spiro atoms. The molecular formula is C19H34IN5O2. The summed E-state index contributed by atoms with van der Waals surface area (Å²) in [4.78, 5) is 22.5. The molecule has 0 bridgehead atoms. The van der Waals surface area contributed by atoms with Crippen molar-refractivity contribution in [1.82, 2.24) is 20.5 Å². The van der Waals surface area contributed by atoms with E-state index in [4.69, 9.17) is 4.74 Å². The summed E-state index contributed by atoms with van der Waals surface area (Å²) < 4.78 is 5.38. The Balaban J connectivity index is 0.00000676. The molecular weight excluding hydrogens is 457 g/mol. The number of rotatable bonds is 7. The van der Waals surface area contributed by atoms with Crippen LogP contribution in [0.1, 0.15) is 40.3 Å². The molecule has 0 aliphatic rings. The second kappa shape index (κ2) is 12.7. The first kappa shape index (κ1) is 25.4. The van der Waals surface area contributed by atoms with Gasteiger partial charge in [0.05, 0.1) is 12.2 Å². The van der Waals surface area contributed by atoms with Gasteiger partial charge in [-0.2, -0.15) is 0 Å². The molecule has 7 nitrogen and oxygen atoms in total. The van der Waals surface area contributed by atoms with Gasteiger partial charge in [-0.05, 0) is 45.7 Å². The van der Waals surface area contributed by atoms with Crippen molar-refractivity contribution in [2.75, 3.05) is 26.7 Å². The molecule has 0 aliphatic carbocycles. The first-order valence-electron chi connectivity index (χ1n) is 9.07. The van der Waals surface area contributed by atoms with E-state index in [-0.39, 0.29) is 36.0 Å². The van der Waals surface area contributed by atoms with Gasteiger partial charge in [0.15, 0.2) is 5.96 Å². The molecule has 1 unspecified atom stereocenters. The maximum Gasteiger partial charge on any atom is 0.410 e. The molecule has 1 amide bonds. The number of hydrogen-bond donors (Lipinski definition) is 2. The highest BCUT2D eigenvalue weighted by Gasteiger charge is 2.20. The smallest absolute Gasteiger partial charge is 0.410 e. The van der Waals surface area contributed by atoms with Crippen molar-refractivity contribution in [1.29, 1.82) is 0 Å². The molecule has 1 aromatic heterocycles. The average molecular weight is 491 g/mol. The van der Waals surface area contributed by atoms with Gasteiger partial charge in [0.25, 0.3) is 0 Å². The molecule has 1 rings (SSSR count). The Hall–Kier alpha value is -1.58. The molecule has 1 aromatic rings. The zero-order chi connectivity index (χ0) is 19.6. The van der Waals surface area contributed by atoms with Crippen LogP contribution < -0.4 is 10.6 Å². The summed E-state index contributed by atoms with van der Waals surface area (Å²) in [6.45, 7) is 12.3. The van der Waals surface area contributed by atoms with E-state index in [1.165, 1.54) is 0 Å². The third-order valence-corrected chi connectivity index (χ3v) is 3.38. The van der Waals surface area contributed by atoms with Crippen LogP contribution in [0.3, 0.4) is 0 Å². The zero-order valence-electron chi connectivity index (χ0n) is 17.3. The van der Waals surface area contributed by atoms with Crippen molar-refractivity contribution in [3.05, 3.63) is 30.1 Å². The van der Waals surface area contributed by atoms with Crippen LogP contribution in [-0.2, 0) is 11.3 Å². The van der Waals surface area contributed by atoms with E-state index in [1.54, 1.807) is 18.1 Å². The van der Waals surface area contributed by atoms with Gasteiger partial charge in [0.2, 0.25) is 0 Å². The predicted octanol–water partition coefficient (Wildman–Crippen LogP) is 3.26. The number of pyridine rings is 1. The second-order valence-electron chi connectivity index (χ2n) is 7.36. The van der Waals surface area contributed by atoms with E-state index in [9.17, 15) is 4.79 Å². The van der Waals surface area contributed by atoms with Crippen molar-refractivity contribution in [3.8, 4) is 0 Å². The Labute approximate surface area is 180 Å². The maximum absolute atomic E-state index is 12.0. The number of aliphatic imine (C=N–C) groups is 1. The SMILES string of the molecule is CCNC(=NCc1ccccn1)NCC(C)CN(C)C(=O)OC(C)(C)C.I. The second-order valence-corrected chi connectivity index (χ2v) is 7.36. The molecule has 0 fully saturated rings. The lowest BCUT2D eigenvalue weighted by atomic mass is 10.1. The Kier molecular flexibility index (Phi) is 12.0. The Morgan fingerprint density at radius 2 is 2.04 bits per heavy atom. The van der Waals surface area contributed by atoms with Gasteiger partial charge >= 0.3 is 6.09 Å². The summed E-state index contributed by atoms with van der Waals surface area (Å²) >= 11 is 0. The van der Waals surface area contributed by atoms with Gasteiger partial charge in [-0.15, -0.1) is 24.0 Å². The summed E-state index contributed by atoms with van der Waals surface area (Å²) in [6.07, 6.45) is 1.46. The highest BCUT2D eigenvalue weighted by molar-refractivity contribution is 14.0. The van der Waals surface area contributed by atoms with Crippen molar-refractivity contribution in [2.24, 2.45) is 10.9 Å². The maximum atomic E-state index is 12.0. The first-order valence-corrected chi connectivity index (χ1v) is 9.07. The van der Waals surface area contributed by atoms with E-state index < -0.39 is 5.60 Å². The van der Waals surface area contributed by atoms with E-state index in [1.807, 2.05) is 45.9 Å². The number of ether oxygens (including phenoxy) is 1. The minimum absolute atomic E-state index is 0. The number of carbonyl (C=O) groups is 1. The minimum atomic E-state index is -0.483. The summed E-state index contributed by atoms with van der Waals surface area (Å²) in [5.74, 6) is 0.983. The lowest BCUT2D eigenvalue weighted by Gasteiger charge is -2.26. The lowest BCUT2D eigenvalue weighted by molar-refractivity contribution is 0.0278. The Bertz CT molecular complexity index is 575. The predicted molar refractivity (Wildman–Crippen MR) is 120 cm³/mol. The summed E-state index contributed by atoms with van der Waals surface area (Å²) in [7, 11) is 1.75. The molecule has 0 saturated carbocycles. The summed E-state index contributed by atoms with van der Waals surface area (Å²) in [6, 6.07) is 5.79. The number of guanidine groups is 1. The molecule has 1 heterocycles. The van der Waals surface area contributed by atoms with Gasteiger partial charge in [0.1, 0.15) is 5.60 Å². The van der Waals surface area contributed by atoms with Crippen molar-refractivity contribution in [3.63, 3.8) is 0 Å². The molecule has 8 heteroatoms. The van der Waals surface area contributed by atoms with Crippen LogP contribution in [0.2, 0.25) is 0 Å². The standard InChI is InChI=1S/C19H33N5O2.HI/c1-7-20-17(23-13-16-10-8-9-11-21-16)22-12-15(2)14-24(6)18(25)26-19(3,4)5;/h8-11,15H,7,12-14H2,1-6H3,(H2,20,22,23);1H. The van der Waals surface area contributed by atoms with Crippen LogP contribution in [0, 0.1) is 5.92 Å². The van der Waals surface area contributed by atoms with Gasteiger partial charge in [-0.1, -0.05) is 13.0 Å². The van der Waals surface area contributed by atoms with Crippen molar-refractivity contribution >= 4 is 36.0 Å². The quantitative estimate of drug-likeness (QED) is 0.348. The highest BCUT2D eigenvalue weighted by atomic mass is 127. The third kappa shape index (κ3) is 11.7. The van der Waals surface area contributed by atoms with Crippen molar-refractivity contribution < 1.29 is 9.53 Å². The van der Waals surface area contributed by atoms with Crippen LogP contribution in [0.25, 0.3) is 0 Å². The third-order valence-electron chi connectivity index (χ3n) is 3.38. The lowest BCUT2D eigenvalue weighted by Crippen LogP contribution is -2.42. The summed E-state index contributed by atoms with van der Waals surface area (Å²) in [5.41, 5.74) is 0.436. The van der Waals surface area contributed by atoms with Gasteiger partial charge in [-0.3, -0.25) is 4.98 Å². The molecule has 154 valence electrons. The number of nitrogens with one attached hydrogen (secondary N) is 2. The van der Waals surface area contributed by atoms with Crippen LogP contribution in [-0.4, -0.2) is 54.2 Å². The van der Waals surface area contributed by atoms with Gasteiger partial charge in [0, 0.05) is 32.9 Å².